The molecule has 1 aromatic carbocycles. The van der Waals surface area contributed by atoms with Crippen LogP contribution in [0.15, 0.2) is 18.2 Å². The lowest BCUT2D eigenvalue weighted by Crippen LogP contribution is -2.15. The molecule has 0 spiro atoms. The maximum Gasteiger partial charge on any atom is 0.123 e. The van der Waals surface area contributed by atoms with Crippen molar-refractivity contribution >= 4 is 11.6 Å². The molecular weight excluding hydrogens is 270 g/mol. The van der Waals surface area contributed by atoms with E-state index in [0.29, 0.717) is 6.61 Å². The standard InChI is InChI=1S/C17H28ClNO/c1-3-5-6-7-8-9-12-19-14-15-13-16(18)10-11-17(15)20-4-2/h10-11,13,19H,3-9,12,14H2,1-2H3. The molecule has 0 unspecified atom stereocenters. The fourth-order valence-corrected chi connectivity index (χ4v) is 2.43. The van der Waals surface area contributed by atoms with Gasteiger partial charge >= 0.3 is 0 Å². The molecule has 0 radical (unpaired) electrons. The molecule has 1 N–H and O–H groups in total. The SMILES string of the molecule is CCCCCCCCNCc1cc(Cl)ccc1OCC. The van der Waals surface area contributed by atoms with Crippen molar-refractivity contribution in [2.45, 2.75) is 58.9 Å². The molecule has 0 bridgehead atoms. The summed E-state index contributed by atoms with van der Waals surface area (Å²) >= 11 is 6.04. The van der Waals surface area contributed by atoms with Crippen LogP contribution in [0.2, 0.25) is 5.02 Å². The van der Waals surface area contributed by atoms with E-state index in [1.807, 2.05) is 25.1 Å². The highest BCUT2D eigenvalue weighted by molar-refractivity contribution is 6.30. The molecule has 3 heteroatoms. The van der Waals surface area contributed by atoms with Crippen LogP contribution in [0, 0.1) is 0 Å². The van der Waals surface area contributed by atoms with Gasteiger partial charge in [-0.3, -0.25) is 0 Å². The van der Waals surface area contributed by atoms with Gasteiger partial charge in [0.25, 0.3) is 0 Å². The van der Waals surface area contributed by atoms with Crippen LogP contribution in [0.5, 0.6) is 5.75 Å². The van der Waals surface area contributed by atoms with Crippen molar-refractivity contribution in [2.75, 3.05) is 13.2 Å². The first-order chi connectivity index (χ1) is 9.77. The van der Waals surface area contributed by atoms with E-state index < -0.39 is 0 Å². The quantitative estimate of drug-likeness (QED) is 0.568. The summed E-state index contributed by atoms with van der Waals surface area (Å²) < 4.78 is 5.62. The van der Waals surface area contributed by atoms with Crippen molar-refractivity contribution in [3.8, 4) is 5.75 Å². The number of benzene rings is 1. The van der Waals surface area contributed by atoms with Gasteiger partial charge in [-0.1, -0.05) is 50.6 Å². The second-order valence-corrected chi connectivity index (χ2v) is 5.57. The second-order valence-electron chi connectivity index (χ2n) is 5.13. The predicted octanol–water partition coefficient (Wildman–Crippen LogP) is 5.19. The van der Waals surface area contributed by atoms with E-state index in [1.165, 1.54) is 38.5 Å². The highest BCUT2D eigenvalue weighted by atomic mass is 35.5. The van der Waals surface area contributed by atoms with E-state index in [0.717, 1.165) is 29.4 Å². The van der Waals surface area contributed by atoms with Gasteiger partial charge in [0.15, 0.2) is 0 Å². The minimum atomic E-state index is 0.687. The molecule has 0 aliphatic carbocycles. The van der Waals surface area contributed by atoms with Gasteiger partial charge in [-0.25, -0.2) is 0 Å². The van der Waals surface area contributed by atoms with Gasteiger partial charge < -0.3 is 10.1 Å². The van der Waals surface area contributed by atoms with Crippen LogP contribution in [0.3, 0.4) is 0 Å². The summed E-state index contributed by atoms with van der Waals surface area (Å²) in [5.41, 5.74) is 1.14. The lowest BCUT2D eigenvalue weighted by Gasteiger charge is -2.11. The van der Waals surface area contributed by atoms with Crippen LogP contribution < -0.4 is 10.1 Å². The third kappa shape index (κ3) is 7.16. The Hall–Kier alpha value is -0.730. The Morgan fingerprint density at radius 3 is 2.55 bits per heavy atom. The van der Waals surface area contributed by atoms with Gasteiger partial charge in [-0.15, -0.1) is 0 Å². The van der Waals surface area contributed by atoms with Gasteiger partial charge in [0.05, 0.1) is 6.61 Å². The summed E-state index contributed by atoms with van der Waals surface area (Å²) in [4.78, 5) is 0. The van der Waals surface area contributed by atoms with E-state index in [9.17, 15) is 0 Å². The minimum absolute atomic E-state index is 0.687. The first-order valence-corrected chi connectivity index (χ1v) is 8.27. The Labute approximate surface area is 128 Å². The summed E-state index contributed by atoms with van der Waals surface area (Å²) in [5, 5.41) is 4.25. The zero-order valence-electron chi connectivity index (χ0n) is 12.9. The molecule has 0 heterocycles. The molecule has 1 rings (SSSR count). The van der Waals surface area contributed by atoms with Crippen LogP contribution in [-0.4, -0.2) is 13.2 Å². The molecule has 0 aliphatic heterocycles. The fraction of sp³-hybridized carbons (Fsp3) is 0.647. The van der Waals surface area contributed by atoms with Crippen molar-refractivity contribution < 1.29 is 4.74 Å². The van der Waals surface area contributed by atoms with Crippen LogP contribution >= 0.6 is 11.6 Å². The zero-order chi connectivity index (χ0) is 14.6. The smallest absolute Gasteiger partial charge is 0.123 e. The Bertz CT molecular complexity index is 368. The highest BCUT2D eigenvalue weighted by Gasteiger charge is 2.04. The first-order valence-electron chi connectivity index (χ1n) is 7.89. The number of hydrogen-bond acceptors (Lipinski definition) is 2. The van der Waals surface area contributed by atoms with Crippen molar-refractivity contribution in [1.82, 2.24) is 5.32 Å². The molecule has 0 fully saturated rings. The van der Waals surface area contributed by atoms with Crippen LogP contribution in [0.4, 0.5) is 0 Å². The number of nitrogens with one attached hydrogen (secondary N) is 1. The minimum Gasteiger partial charge on any atom is -0.494 e. The lowest BCUT2D eigenvalue weighted by molar-refractivity contribution is 0.335. The van der Waals surface area contributed by atoms with E-state index in [1.54, 1.807) is 0 Å². The third-order valence-corrected chi connectivity index (χ3v) is 3.58. The Kier molecular flexibility index (Phi) is 9.52. The van der Waals surface area contributed by atoms with Gasteiger partial charge in [0.1, 0.15) is 5.75 Å². The topological polar surface area (TPSA) is 21.3 Å². The summed E-state index contributed by atoms with van der Waals surface area (Å²) in [6.07, 6.45) is 7.98. The second kappa shape index (κ2) is 11.0. The molecule has 0 amide bonds. The van der Waals surface area contributed by atoms with Crippen molar-refractivity contribution in [1.29, 1.82) is 0 Å². The van der Waals surface area contributed by atoms with Gasteiger partial charge in [-0.2, -0.15) is 0 Å². The normalized spacial score (nSPS) is 10.8. The molecule has 0 aromatic heterocycles. The molecule has 114 valence electrons. The average Bonchev–Trinajstić information content (AvgIpc) is 2.44. The number of unbranched alkanes of at least 4 members (excludes halogenated alkanes) is 5. The molecule has 0 saturated heterocycles. The van der Waals surface area contributed by atoms with Gasteiger partial charge in [0.2, 0.25) is 0 Å². The average molecular weight is 298 g/mol. The zero-order valence-corrected chi connectivity index (χ0v) is 13.6. The Morgan fingerprint density at radius 1 is 1.05 bits per heavy atom. The van der Waals surface area contributed by atoms with E-state index in [-0.39, 0.29) is 0 Å². The van der Waals surface area contributed by atoms with Crippen LogP contribution in [-0.2, 0) is 6.54 Å². The lowest BCUT2D eigenvalue weighted by atomic mass is 10.1. The summed E-state index contributed by atoms with van der Waals surface area (Å²) in [6.45, 7) is 6.83. The van der Waals surface area contributed by atoms with Crippen molar-refractivity contribution in [3.05, 3.63) is 28.8 Å². The van der Waals surface area contributed by atoms with Crippen molar-refractivity contribution in [2.24, 2.45) is 0 Å². The third-order valence-electron chi connectivity index (χ3n) is 3.34. The van der Waals surface area contributed by atoms with Gasteiger partial charge in [0, 0.05) is 17.1 Å². The predicted molar refractivity (Wildman–Crippen MR) is 87.7 cm³/mol. The number of halogens is 1. The molecule has 0 aliphatic rings. The first kappa shape index (κ1) is 17.3. The maximum atomic E-state index is 6.04. The molecule has 1 aromatic rings. The molecule has 0 saturated carbocycles. The number of hydrogen-bond donors (Lipinski definition) is 1. The molecule has 20 heavy (non-hydrogen) atoms. The monoisotopic (exact) mass is 297 g/mol. The van der Waals surface area contributed by atoms with Crippen LogP contribution in [0.1, 0.15) is 57.9 Å². The van der Waals surface area contributed by atoms with E-state index >= 15 is 0 Å². The van der Waals surface area contributed by atoms with Crippen molar-refractivity contribution in [3.63, 3.8) is 0 Å². The maximum absolute atomic E-state index is 6.04. The Morgan fingerprint density at radius 2 is 1.80 bits per heavy atom. The molecule has 0 atom stereocenters. The summed E-state index contributed by atoms with van der Waals surface area (Å²) in [5.74, 6) is 0.937. The fourth-order valence-electron chi connectivity index (χ4n) is 2.24. The largest absolute Gasteiger partial charge is 0.494 e. The van der Waals surface area contributed by atoms with Gasteiger partial charge in [-0.05, 0) is 38.1 Å². The van der Waals surface area contributed by atoms with Crippen LogP contribution in [0.25, 0.3) is 0 Å². The number of ether oxygens (including phenoxy) is 1. The highest BCUT2D eigenvalue weighted by Crippen LogP contribution is 2.22. The van der Waals surface area contributed by atoms with E-state index in [4.69, 9.17) is 16.3 Å². The molecular formula is C17H28ClNO. The van der Waals surface area contributed by atoms with E-state index in [2.05, 4.69) is 12.2 Å². The summed E-state index contributed by atoms with van der Waals surface area (Å²) in [7, 11) is 0. The summed E-state index contributed by atoms with van der Waals surface area (Å²) in [6, 6.07) is 5.82. The number of rotatable bonds is 11. The Balaban J connectivity index is 2.22. The molecule has 2 nitrogen and oxygen atoms in total.